The molecule has 0 aliphatic carbocycles. The summed E-state index contributed by atoms with van der Waals surface area (Å²) in [6, 6.07) is 0. The van der Waals surface area contributed by atoms with Crippen LogP contribution in [0.25, 0.3) is 0 Å². The lowest BCUT2D eigenvalue weighted by atomic mass is 10.3. The van der Waals surface area contributed by atoms with Gasteiger partial charge >= 0.3 is 6.09 Å². The van der Waals surface area contributed by atoms with Gasteiger partial charge in [-0.25, -0.2) is 9.78 Å². The van der Waals surface area contributed by atoms with Gasteiger partial charge in [-0.15, -0.1) is 0 Å². The van der Waals surface area contributed by atoms with Crippen molar-refractivity contribution in [2.45, 2.75) is 32.8 Å². The number of aryl methyl sites for hydroxylation is 1. The number of likely N-dealkylation sites (tertiary alicyclic amines) is 1. The van der Waals surface area contributed by atoms with Crippen LogP contribution in [0.3, 0.4) is 0 Å². The molecule has 0 radical (unpaired) electrons. The number of hydrogen-bond acceptors (Lipinski definition) is 5. The van der Waals surface area contributed by atoms with Gasteiger partial charge in [-0.1, -0.05) is 6.92 Å². The van der Waals surface area contributed by atoms with Crippen LogP contribution in [0, 0.1) is 5.82 Å². The molecular weight excluding hydrogens is 265 g/mol. The maximum absolute atomic E-state index is 13.9. The maximum Gasteiger partial charge on any atom is 0.409 e. The van der Waals surface area contributed by atoms with Crippen molar-refractivity contribution in [3.05, 3.63) is 17.8 Å². The third-order valence-corrected chi connectivity index (χ3v) is 3.11. The molecule has 0 aromatic carbocycles. The van der Waals surface area contributed by atoms with Gasteiger partial charge in [0, 0.05) is 13.0 Å². The minimum Gasteiger partial charge on any atom is -0.470 e. The Hall–Kier alpha value is -1.92. The highest BCUT2D eigenvalue weighted by molar-refractivity contribution is 5.67. The molecule has 1 aliphatic heterocycles. The normalized spacial score (nSPS) is 18.1. The van der Waals surface area contributed by atoms with E-state index in [0.717, 1.165) is 0 Å². The highest BCUT2D eigenvalue weighted by Gasteiger charge is 2.29. The third kappa shape index (κ3) is 3.15. The van der Waals surface area contributed by atoms with Crippen molar-refractivity contribution in [2.75, 3.05) is 19.7 Å². The standard InChI is InChI=1S/C13H18FN3O3/c1-3-10-11(14)12(16-8-15-10)20-9-5-6-17(7-9)13(18)19-4-2/h8-9H,3-7H2,1-2H3. The van der Waals surface area contributed by atoms with Crippen molar-refractivity contribution in [3.63, 3.8) is 0 Å². The Morgan fingerprint density at radius 3 is 3.00 bits per heavy atom. The summed E-state index contributed by atoms with van der Waals surface area (Å²) in [6.45, 7) is 4.82. The predicted octanol–water partition coefficient (Wildman–Crippen LogP) is 1.79. The maximum atomic E-state index is 13.9. The molecule has 1 fully saturated rings. The fourth-order valence-corrected chi connectivity index (χ4v) is 2.08. The van der Waals surface area contributed by atoms with Gasteiger partial charge in [0.2, 0.25) is 5.82 Å². The molecule has 0 bridgehead atoms. The van der Waals surface area contributed by atoms with E-state index in [1.54, 1.807) is 11.8 Å². The molecule has 1 aromatic heterocycles. The Bertz CT molecular complexity index is 484. The summed E-state index contributed by atoms with van der Waals surface area (Å²) >= 11 is 0. The fourth-order valence-electron chi connectivity index (χ4n) is 2.08. The van der Waals surface area contributed by atoms with Gasteiger partial charge in [-0.05, 0) is 13.3 Å². The number of aromatic nitrogens is 2. The average Bonchev–Trinajstić information content (AvgIpc) is 2.90. The second-order valence-corrected chi connectivity index (χ2v) is 4.47. The van der Waals surface area contributed by atoms with Crippen LogP contribution < -0.4 is 4.74 Å². The lowest BCUT2D eigenvalue weighted by Crippen LogP contribution is -2.31. The molecule has 7 heteroatoms. The Morgan fingerprint density at radius 2 is 2.30 bits per heavy atom. The van der Waals surface area contributed by atoms with Gasteiger partial charge in [0.05, 0.1) is 18.8 Å². The van der Waals surface area contributed by atoms with Crippen molar-refractivity contribution >= 4 is 6.09 Å². The molecule has 2 heterocycles. The van der Waals surface area contributed by atoms with Crippen LogP contribution in [0.1, 0.15) is 26.0 Å². The number of ether oxygens (including phenoxy) is 2. The number of rotatable bonds is 4. The summed E-state index contributed by atoms with van der Waals surface area (Å²) < 4.78 is 24.4. The molecule has 110 valence electrons. The minimum absolute atomic E-state index is 0.0486. The van der Waals surface area contributed by atoms with E-state index in [9.17, 15) is 9.18 Å². The molecule has 0 spiro atoms. The molecule has 0 N–H and O–H groups in total. The monoisotopic (exact) mass is 283 g/mol. The van der Waals surface area contributed by atoms with E-state index in [1.165, 1.54) is 6.33 Å². The zero-order chi connectivity index (χ0) is 14.5. The van der Waals surface area contributed by atoms with Gasteiger partial charge in [-0.2, -0.15) is 9.37 Å². The third-order valence-electron chi connectivity index (χ3n) is 3.11. The Kier molecular flexibility index (Phi) is 4.70. The summed E-state index contributed by atoms with van der Waals surface area (Å²) in [4.78, 5) is 20.8. The number of halogens is 1. The predicted molar refractivity (Wildman–Crippen MR) is 69.0 cm³/mol. The van der Waals surface area contributed by atoms with Crippen molar-refractivity contribution in [2.24, 2.45) is 0 Å². The molecule has 1 aromatic rings. The first-order chi connectivity index (χ1) is 9.65. The highest BCUT2D eigenvalue weighted by atomic mass is 19.1. The summed E-state index contributed by atoms with van der Waals surface area (Å²) in [7, 11) is 0. The molecule has 1 saturated heterocycles. The second-order valence-electron chi connectivity index (χ2n) is 4.47. The lowest BCUT2D eigenvalue weighted by Gasteiger charge is -2.16. The zero-order valence-corrected chi connectivity index (χ0v) is 11.6. The topological polar surface area (TPSA) is 64.5 Å². The SMILES string of the molecule is CCOC(=O)N1CCC(Oc2ncnc(CC)c2F)C1. The van der Waals surface area contributed by atoms with E-state index in [2.05, 4.69) is 9.97 Å². The first kappa shape index (κ1) is 14.5. The van der Waals surface area contributed by atoms with Crippen LogP contribution in [0.5, 0.6) is 5.88 Å². The van der Waals surface area contributed by atoms with Crippen molar-refractivity contribution in [1.82, 2.24) is 14.9 Å². The van der Waals surface area contributed by atoms with Gasteiger partial charge in [0.25, 0.3) is 5.88 Å². The number of amides is 1. The summed E-state index contributed by atoms with van der Waals surface area (Å²) in [5.74, 6) is -0.572. The van der Waals surface area contributed by atoms with E-state index >= 15 is 0 Å². The quantitative estimate of drug-likeness (QED) is 0.843. The number of carbonyl (C=O) groups excluding carboxylic acids is 1. The largest absolute Gasteiger partial charge is 0.470 e. The van der Waals surface area contributed by atoms with E-state index in [4.69, 9.17) is 9.47 Å². The van der Waals surface area contributed by atoms with Crippen molar-refractivity contribution < 1.29 is 18.7 Å². The molecule has 1 atom stereocenters. The van der Waals surface area contributed by atoms with Gasteiger partial charge < -0.3 is 14.4 Å². The average molecular weight is 283 g/mol. The van der Waals surface area contributed by atoms with E-state index < -0.39 is 5.82 Å². The summed E-state index contributed by atoms with van der Waals surface area (Å²) in [6.07, 6.45) is 1.76. The van der Waals surface area contributed by atoms with E-state index in [1.807, 2.05) is 6.92 Å². The minimum atomic E-state index is -0.524. The molecular formula is C13H18FN3O3. The van der Waals surface area contributed by atoms with Gasteiger partial charge in [0.15, 0.2) is 0 Å². The van der Waals surface area contributed by atoms with Gasteiger partial charge in [0.1, 0.15) is 12.4 Å². The highest BCUT2D eigenvalue weighted by Crippen LogP contribution is 2.21. The molecule has 2 rings (SSSR count). The Morgan fingerprint density at radius 1 is 1.50 bits per heavy atom. The molecule has 0 saturated carbocycles. The Labute approximate surface area is 116 Å². The van der Waals surface area contributed by atoms with Crippen molar-refractivity contribution in [1.29, 1.82) is 0 Å². The molecule has 6 nitrogen and oxygen atoms in total. The summed E-state index contributed by atoms with van der Waals surface area (Å²) in [5, 5.41) is 0. The zero-order valence-electron chi connectivity index (χ0n) is 11.6. The number of hydrogen-bond donors (Lipinski definition) is 0. The van der Waals surface area contributed by atoms with Crippen molar-refractivity contribution in [3.8, 4) is 5.88 Å². The summed E-state index contributed by atoms with van der Waals surface area (Å²) in [5.41, 5.74) is 0.329. The Balaban J connectivity index is 1.97. The molecule has 1 aliphatic rings. The fraction of sp³-hybridized carbons (Fsp3) is 0.615. The van der Waals surface area contributed by atoms with Crippen LogP contribution in [0.2, 0.25) is 0 Å². The second kappa shape index (κ2) is 6.49. The van der Waals surface area contributed by atoms with Crippen LogP contribution >= 0.6 is 0 Å². The van der Waals surface area contributed by atoms with Crippen LogP contribution in [-0.2, 0) is 11.2 Å². The first-order valence-electron chi connectivity index (χ1n) is 6.73. The molecule has 1 unspecified atom stereocenters. The van der Waals surface area contributed by atoms with Crippen LogP contribution in [0.15, 0.2) is 6.33 Å². The molecule has 1 amide bonds. The van der Waals surface area contributed by atoms with E-state index in [0.29, 0.717) is 38.2 Å². The number of nitrogens with zero attached hydrogens (tertiary/aromatic N) is 3. The lowest BCUT2D eigenvalue weighted by molar-refractivity contribution is 0.109. The first-order valence-corrected chi connectivity index (χ1v) is 6.73. The molecule has 20 heavy (non-hydrogen) atoms. The van der Waals surface area contributed by atoms with E-state index in [-0.39, 0.29) is 18.1 Å². The smallest absolute Gasteiger partial charge is 0.409 e. The van der Waals surface area contributed by atoms with Gasteiger partial charge in [-0.3, -0.25) is 0 Å². The number of carbonyl (C=O) groups is 1. The van der Waals surface area contributed by atoms with Crippen LogP contribution in [-0.4, -0.2) is 46.8 Å². The van der Waals surface area contributed by atoms with Crippen LogP contribution in [0.4, 0.5) is 9.18 Å².